The first-order chi connectivity index (χ1) is 5.69. The van der Waals surface area contributed by atoms with Crippen LogP contribution in [0.4, 0.5) is 0 Å². The summed E-state index contributed by atoms with van der Waals surface area (Å²) < 4.78 is 6.58. The standard InChI is InChI=1S/C7H10N2O2S/c1-9-4-5(11-2)6(10)8-7(9)12-3/h4H,1-3H3. The lowest BCUT2D eigenvalue weighted by atomic mass is 10.6. The highest BCUT2D eigenvalue weighted by atomic mass is 32.2. The number of ether oxygens (including phenoxy) is 1. The predicted molar refractivity (Wildman–Crippen MR) is 47.8 cm³/mol. The van der Waals surface area contributed by atoms with Gasteiger partial charge in [-0.3, -0.25) is 4.79 Å². The van der Waals surface area contributed by atoms with Crippen molar-refractivity contribution in [1.82, 2.24) is 9.55 Å². The van der Waals surface area contributed by atoms with Crippen LogP contribution in [0.1, 0.15) is 0 Å². The molecule has 0 amide bonds. The SMILES string of the molecule is COc1cn(C)c(SC)nc1=O. The Morgan fingerprint density at radius 1 is 1.67 bits per heavy atom. The summed E-state index contributed by atoms with van der Waals surface area (Å²) in [4.78, 5) is 14.9. The maximum absolute atomic E-state index is 11.1. The first-order valence-corrected chi connectivity index (χ1v) is 4.57. The van der Waals surface area contributed by atoms with Gasteiger partial charge in [-0.15, -0.1) is 0 Å². The van der Waals surface area contributed by atoms with Gasteiger partial charge in [0.2, 0.25) is 5.75 Å². The van der Waals surface area contributed by atoms with Gasteiger partial charge in [-0.2, -0.15) is 4.98 Å². The summed E-state index contributed by atoms with van der Waals surface area (Å²) in [6.07, 6.45) is 3.50. The molecule has 66 valence electrons. The molecule has 5 heteroatoms. The molecule has 12 heavy (non-hydrogen) atoms. The molecule has 0 aliphatic heterocycles. The second-order valence-corrected chi connectivity index (χ2v) is 2.99. The number of methoxy groups -OCH3 is 1. The number of aromatic nitrogens is 2. The molecule has 0 radical (unpaired) electrons. The van der Waals surface area contributed by atoms with E-state index < -0.39 is 0 Å². The van der Waals surface area contributed by atoms with Gasteiger partial charge in [-0.1, -0.05) is 11.8 Å². The molecule has 1 rings (SSSR count). The number of thioether (sulfide) groups is 1. The minimum absolute atomic E-state index is 0.273. The lowest BCUT2D eigenvalue weighted by Gasteiger charge is -2.05. The molecule has 0 spiro atoms. The Balaban J connectivity index is 3.26. The van der Waals surface area contributed by atoms with Crippen LogP contribution in [0.25, 0.3) is 0 Å². The first-order valence-electron chi connectivity index (χ1n) is 3.34. The van der Waals surface area contributed by atoms with Gasteiger partial charge >= 0.3 is 5.56 Å². The molecule has 1 aromatic heterocycles. The number of hydrogen-bond donors (Lipinski definition) is 0. The van der Waals surface area contributed by atoms with Gasteiger partial charge < -0.3 is 9.30 Å². The molecule has 0 bridgehead atoms. The molecular weight excluding hydrogens is 176 g/mol. The third-order valence-electron chi connectivity index (χ3n) is 1.42. The van der Waals surface area contributed by atoms with Gasteiger partial charge in [0.05, 0.1) is 13.3 Å². The molecule has 0 N–H and O–H groups in total. The van der Waals surface area contributed by atoms with Crippen molar-refractivity contribution >= 4 is 11.8 Å². The van der Waals surface area contributed by atoms with Crippen molar-refractivity contribution in [3.63, 3.8) is 0 Å². The Morgan fingerprint density at radius 2 is 2.33 bits per heavy atom. The molecule has 0 aromatic carbocycles. The second-order valence-electron chi connectivity index (χ2n) is 2.21. The van der Waals surface area contributed by atoms with Crippen LogP contribution in [0.5, 0.6) is 5.75 Å². The van der Waals surface area contributed by atoms with Crippen molar-refractivity contribution in [3.8, 4) is 5.75 Å². The number of aryl methyl sites for hydroxylation is 1. The Labute approximate surface area is 74.6 Å². The fourth-order valence-electron chi connectivity index (χ4n) is 0.837. The average molecular weight is 186 g/mol. The average Bonchev–Trinajstić information content (AvgIpc) is 2.08. The van der Waals surface area contributed by atoms with Crippen molar-refractivity contribution in [1.29, 1.82) is 0 Å². The van der Waals surface area contributed by atoms with Crippen LogP contribution >= 0.6 is 11.8 Å². The van der Waals surface area contributed by atoms with Crippen molar-refractivity contribution in [2.75, 3.05) is 13.4 Å². The van der Waals surface area contributed by atoms with E-state index in [1.165, 1.54) is 18.9 Å². The zero-order valence-electron chi connectivity index (χ0n) is 7.20. The Bertz CT molecular complexity index is 335. The van der Waals surface area contributed by atoms with E-state index in [2.05, 4.69) is 4.98 Å². The highest BCUT2D eigenvalue weighted by Gasteiger charge is 2.03. The molecular formula is C7H10N2O2S. The molecule has 0 fully saturated rings. The van der Waals surface area contributed by atoms with Gasteiger partial charge in [0.1, 0.15) is 0 Å². The van der Waals surface area contributed by atoms with E-state index in [-0.39, 0.29) is 11.3 Å². The summed E-state index contributed by atoms with van der Waals surface area (Å²) in [5, 5.41) is 0.681. The van der Waals surface area contributed by atoms with E-state index >= 15 is 0 Å². The summed E-state index contributed by atoms with van der Waals surface area (Å²) >= 11 is 1.43. The third kappa shape index (κ3) is 1.61. The molecule has 4 nitrogen and oxygen atoms in total. The minimum Gasteiger partial charge on any atom is -0.490 e. The zero-order valence-corrected chi connectivity index (χ0v) is 8.01. The van der Waals surface area contributed by atoms with Crippen LogP contribution in [-0.4, -0.2) is 22.9 Å². The quantitative estimate of drug-likeness (QED) is 0.498. The molecule has 0 unspecified atom stereocenters. The molecule has 1 heterocycles. The Hall–Kier alpha value is -0.970. The summed E-state index contributed by atoms with van der Waals surface area (Å²) in [5.41, 5.74) is -0.319. The third-order valence-corrected chi connectivity index (χ3v) is 2.17. The van der Waals surface area contributed by atoms with Crippen molar-refractivity contribution in [3.05, 3.63) is 16.6 Å². The van der Waals surface area contributed by atoms with E-state index in [1.807, 2.05) is 13.3 Å². The lowest BCUT2D eigenvalue weighted by molar-refractivity contribution is 0.399. The van der Waals surface area contributed by atoms with Gasteiger partial charge in [0.25, 0.3) is 0 Å². The fourth-order valence-corrected chi connectivity index (χ4v) is 1.35. The van der Waals surface area contributed by atoms with E-state index in [1.54, 1.807) is 10.8 Å². The van der Waals surface area contributed by atoms with E-state index in [0.717, 1.165) is 0 Å². The van der Waals surface area contributed by atoms with E-state index in [9.17, 15) is 4.79 Å². The fraction of sp³-hybridized carbons (Fsp3) is 0.429. The topological polar surface area (TPSA) is 44.1 Å². The van der Waals surface area contributed by atoms with Crippen molar-refractivity contribution < 1.29 is 4.74 Å². The molecule has 0 atom stereocenters. The monoisotopic (exact) mass is 186 g/mol. The zero-order chi connectivity index (χ0) is 9.14. The number of hydrogen-bond acceptors (Lipinski definition) is 4. The van der Waals surface area contributed by atoms with Crippen LogP contribution in [0.15, 0.2) is 16.1 Å². The normalized spacial score (nSPS) is 9.92. The summed E-state index contributed by atoms with van der Waals surface area (Å²) in [7, 11) is 3.28. The maximum Gasteiger partial charge on any atom is 0.315 e. The van der Waals surface area contributed by atoms with Gasteiger partial charge in [-0.05, 0) is 6.26 Å². The molecule has 0 aliphatic carbocycles. The van der Waals surface area contributed by atoms with Crippen molar-refractivity contribution in [2.24, 2.45) is 7.05 Å². The predicted octanol–water partition coefficient (Wildman–Crippen LogP) is 0.511. The minimum atomic E-state index is -0.319. The summed E-state index contributed by atoms with van der Waals surface area (Å²) in [5.74, 6) is 0.273. The highest BCUT2D eigenvalue weighted by Crippen LogP contribution is 2.10. The molecule has 0 aliphatic rings. The van der Waals surface area contributed by atoms with E-state index in [0.29, 0.717) is 5.16 Å². The molecule has 0 saturated carbocycles. The second kappa shape index (κ2) is 3.62. The summed E-state index contributed by atoms with van der Waals surface area (Å²) in [6.45, 7) is 0. The molecule has 1 aromatic rings. The van der Waals surface area contributed by atoms with Crippen LogP contribution < -0.4 is 10.3 Å². The van der Waals surface area contributed by atoms with Crippen LogP contribution in [0.2, 0.25) is 0 Å². The first kappa shape index (κ1) is 9.12. The van der Waals surface area contributed by atoms with Crippen molar-refractivity contribution in [2.45, 2.75) is 5.16 Å². The van der Waals surface area contributed by atoms with Gasteiger partial charge in [0.15, 0.2) is 5.16 Å². The number of rotatable bonds is 2. The van der Waals surface area contributed by atoms with Crippen LogP contribution in [-0.2, 0) is 7.05 Å². The smallest absolute Gasteiger partial charge is 0.315 e. The highest BCUT2D eigenvalue weighted by molar-refractivity contribution is 7.98. The Morgan fingerprint density at radius 3 is 2.83 bits per heavy atom. The lowest BCUT2D eigenvalue weighted by Crippen LogP contribution is -2.14. The Kier molecular flexibility index (Phi) is 2.75. The van der Waals surface area contributed by atoms with Gasteiger partial charge in [0, 0.05) is 7.05 Å². The van der Waals surface area contributed by atoms with Crippen LogP contribution in [0.3, 0.4) is 0 Å². The van der Waals surface area contributed by atoms with Gasteiger partial charge in [-0.25, -0.2) is 0 Å². The van der Waals surface area contributed by atoms with Crippen LogP contribution in [0, 0.1) is 0 Å². The largest absolute Gasteiger partial charge is 0.490 e. The summed E-state index contributed by atoms with van der Waals surface area (Å²) in [6, 6.07) is 0. The molecule has 0 saturated heterocycles. The number of nitrogens with zero attached hydrogens (tertiary/aromatic N) is 2. The van der Waals surface area contributed by atoms with E-state index in [4.69, 9.17) is 4.74 Å². The maximum atomic E-state index is 11.1.